The quantitative estimate of drug-likeness (QED) is 0.198. The average Bonchev–Trinajstić information content (AvgIpc) is 3.85. The van der Waals surface area contributed by atoms with Crippen LogP contribution in [-0.4, -0.2) is 18.5 Å². The van der Waals surface area contributed by atoms with Crippen LogP contribution in [0.25, 0.3) is 11.3 Å². The van der Waals surface area contributed by atoms with Gasteiger partial charge in [-0.05, 0) is 78.9 Å². The summed E-state index contributed by atoms with van der Waals surface area (Å²) < 4.78 is 39.5. The lowest BCUT2D eigenvalue weighted by molar-refractivity contribution is 0.306. The summed E-state index contributed by atoms with van der Waals surface area (Å²) in [4.78, 5) is 17.5. The lowest BCUT2D eigenvalue weighted by Crippen LogP contribution is -2.16. The second-order valence-electron chi connectivity index (χ2n) is 10.2. The first kappa shape index (κ1) is 27.3. The molecule has 0 radical (unpaired) electrons. The molecule has 0 saturated heterocycles. The number of pyridine rings is 1. The summed E-state index contributed by atoms with van der Waals surface area (Å²) in [7, 11) is -3.73. The predicted octanol–water partition coefficient (Wildman–Crippen LogP) is 6.33. The van der Waals surface area contributed by atoms with Crippen LogP contribution in [0.5, 0.6) is 11.5 Å². The number of nitrogens with zero attached hydrogens (tertiary/aromatic N) is 1. The highest BCUT2D eigenvalue weighted by atomic mass is 32.2. The average molecular weight is 581 g/mol. The highest BCUT2D eigenvalue weighted by Crippen LogP contribution is 2.48. The van der Waals surface area contributed by atoms with Gasteiger partial charge >= 0.3 is 5.63 Å². The van der Waals surface area contributed by atoms with E-state index in [0.717, 1.165) is 24.0 Å². The number of rotatable bonds is 10. The fourth-order valence-corrected chi connectivity index (χ4v) is 6.04. The standard InChI is InChI=1S/C33H28N2O6S/c36-29-19-30(23-12-16-27(17-13-23)40-21-22-5-4-18-34-20-22)41-33(37)32(29)31(24-8-9-24)25-10-14-26(15-11-25)35-42(38,39)28-6-2-1-3-7-28/h1-7,10-20,24,31,35-36H,8-9,21H2. The number of nitrogens with one attached hydrogen (secondary N) is 1. The third kappa shape index (κ3) is 6.06. The number of anilines is 1. The van der Waals surface area contributed by atoms with Gasteiger partial charge in [0.2, 0.25) is 0 Å². The van der Waals surface area contributed by atoms with Crippen molar-refractivity contribution in [1.82, 2.24) is 4.98 Å². The zero-order valence-electron chi connectivity index (χ0n) is 22.5. The summed E-state index contributed by atoms with van der Waals surface area (Å²) >= 11 is 0. The van der Waals surface area contributed by atoms with E-state index in [2.05, 4.69) is 9.71 Å². The molecule has 2 aromatic heterocycles. The Morgan fingerprint density at radius 3 is 2.33 bits per heavy atom. The van der Waals surface area contributed by atoms with Crippen LogP contribution in [-0.2, 0) is 16.6 Å². The van der Waals surface area contributed by atoms with Gasteiger partial charge in [0.15, 0.2) is 0 Å². The van der Waals surface area contributed by atoms with E-state index in [-0.39, 0.29) is 33.8 Å². The molecule has 6 rings (SSSR count). The van der Waals surface area contributed by atoms with Crippen LogP contribution in [0, 0.1) is 5.92 Å². The van der Waals surface area contributed by atoms with Gasteiger partial charge in [-0.2, -0.15) is 0 Å². The second kappa shape index (κ2) is 11.5. The molecule has 2 N–H and O–H groups in total. The van der Waals surface area contributed by atoms with Crippen molar-refractivity contribution in [2.45, 2.75) is 30.3 Å². The number of hydrogen-bond acceptors (Lipinski definition) is 7. The van der Waals surface area contributed by atoms with E-state index in [0.29, 0.717) is 23.6 Å². The van der Waals surface area contributed by atoms with Gasteiger partial charge in [-0.1, -0.05) is 36.4 Å². The fraction of sp³-hybridized carbons (Fsp3) is 0.152. The Kier molecular flexibility index (Phi) is 7.50. The van der Waals surface area contributed by atoms with Crippen LogP contribution in [0.15, 0.2) is 124 Å². The monoisotopic (exact) mass is 580 g/mol. The molecule has 0 amide bonds. The van der Waals surface area contributed by atoms with Crippen molar-refractivity contribution in [3.8, 4) is 22.8 Å². The van der Waals surface area contributed by atoms with Crippen molar-refractivity contribution in [3.63, 3.8) is 0 Å². The third-order valence-electron chi connectivity index (χ3n) is 7.21. The molecule has 1 saturated carbocycles. The highest BCUT2D eigenvalue weighted by Gasteiger charge is 2.37. The van der Waals surface area contributed by atoms with Crippen molar-refractivity contribution in [2.75, 3.05) is 4.72 Å². The molecule has 9 heteroatoms. The van der Waals surface area contributed by atoms with Gasteiger partial charge in [-0.15, -0.1) is 0 Å². The normalized spacial score (nSPS) is 13.8. The molecule has 2 heterocycles. The Morgan fingerprint density at radius 2 is 1.69 bits per heavy atom. The first-order valence-corrected chi connectivity index (χ1v) is 15.0. The minimum absolute atomic E-state index is 0.135. The Morgan fingerprint density at radius 1 is 0.952 bits per heavy atom. The van der Waals surface area contributed by atoms with Crippen LogP contribution in [0.4, 0.5) is 5.69 Å². The molecular weight excluding hydrogens is 552 g/mol. The molecule has 5 aromatic rings. The molecule has 212 valence electrons. The molecule has 3 aromatic carbocycles. The minimum Gasteiger partial charge on any atom is -0.507 e. The summed E-state index contributed by atoms with van der Waals surface area (Å²) in [5.41, 5.74) is 2.37. The smallest absolute Gasteiger partial charge is 0.343 e. The zero-order valence-corrected chi connectivity index (χ0v) is 23.3. The van der Waals surface area contributed by atoms with Crippen LogP contribution < -0.4 is 15.1 Å². The van der Waals surface area contributed by atoms with E-state index < -0.39 is 15.6 Å². The largest absolute Gasteiger partial charge is 0.507 e. The summed E-state index contributed by atoms with van der Waals surface area (Å²) in [5, 5.41) is 11.1. The number of hydrogen-bond donors (Lipinski definition) is 2. The summed E-state index contributed by atoms with van der Waals surface area (Å²) in [5.74, 6) is 0.560. The highest BCUT2D eigenvalue weighted by molar-refractivity contribution is 7.92. The first-order valence-electron chi connectivity index (χ1n) is 13.5. The van der Waals surface area contributed by atoms with Gasteiger partial charge in [-0.3, -0.25) is 9.71 Å². The van der Waals surface area contributed by atoms with Crippen LogP contribution >= 0.6 is 0 Å². The van der Waals surface area contributed by atoms with Crippen LogP contribution in [0.1, 0.15) is 35.4 Å². The van der Waals surface area contributed by atoms with E-state index >= 15 is 0 Å². The fourth-order valence-electron chi connectivity index (χ4n) is 4.96. The molecule has 1 unspecified atom stereocenters. The van der Waals surface area contributed by atoms with Crippen molar-refractivity contribution in [2.24, 2.45) is 5.92 Å². The lowest BCUT2D eigenvalue weighted by atomic mass is 9.87. The van der Waals surface area contributed by atoms with E-state index in [1.807, 2.05) is 12.1 Å². The van der Waals surface area contributed by atoms with Gasteiger partial charge in [0.25, 0.3) is 10.0 Å². The molecule has 0 aliphatic heterocycles. The van der Waals surface area contributed by atoms with Crippen molar-refractivity contribution < 1.29 is 22.7 Å². The van der Waals surface area contributed by atoms with Gasteiger partial charge in [0, 0.05) is 41.2 Å². The Hall–Kier alpha value is -4.89. The maximum absolute atomic E-state index is 13.3. The van der Waals surface area contributed by atoms with Gasteiger partial charge < -0.3 is 14.3 Å². The van der Waals surface area contributed by atoms with Crippen molar-refractivity contribution in [3.05, 3.63) is 137 Å². The predicted molar refractivity (Wildman–Crippen MR) is 159 cm³/mol. The molecule has 1 atom stereocenters. The Bertz CT molecular complexity index is 1840. The maximum atomic E-state index is 13.3. The molecular formula is C33H28N2O6S. The maximum Gasteiger partial charge on any atom is 0.343 e. The molecule has 1 fully saturated rings. The van der Waals surface area contributed by atoms with Crippen LogP contribution in [0.3, 0.4) is 0 Å². The second-order valence-corrected chi connectivity index (χ2v) is 11.9. The first-order chi connectivity index (χ1) is 20.4. The molecule has 0 spiro atoms. The SMILES string of the molecule is O=c1oc(-c2ccc(OCc3cccnc3)cc2)cc(O)c1C(c1ccc(NS(=O)(=O)c2ccccc2)cc1)C1CC1. The van der Waals surface area contributed by atoms with Gasteiger partial charge in [0.1, 0.15) is 23.9 Å². The number of benzene rings is 3. The number of aromatic nitrogens is 1. The molecule has 1 aliphatic carbocycles. The molecule has 8 nitrogen and oxygen atoms in total. The minimum atomic E-state index is -3.73. The van der Waals surface area contributed by atoms with Crippen molar-refractivity contribution in [1.29, 1.82) is 0 Å². The number of aromatic hydroxyl groups is 1. The van der Waals surface area contributed by atoms with Gasteiger partial charge in [-0.25, -0.2) is 13.2 Å². The van der Waals surface area contributed by atoms with E-state index in [1.165, 1.54) is 18.2 Å². The van der Waals surface area contributed by atoms with Crippen LogP contribution in [0.2, 0.25) is 0 Å². The topological polar surface area (TPSA) is 119 Å². The van der Waals surface area contributed by atoms with E-state index in [1.54, 1.807) is 79.1 Å². The van der Waals surface area contributed by atoms with E-state index in [4.69, 9.17) is 9.15 Å². The zero-order chi connectivity index (χ0) is 29.1. The van der Waals surface area contributed by atoms with Crippen molar-refractivity contribution >= 4 is 15.7 Å². The number of sulfonamides is 1. The Balaban J connectivity index is 1.21. The Labute approximate surface area is 243 Å². The molecule has 1 aliphatic rings. The molecule has 42 heavy (non-hydrogen) atoms. The van der Waals surface area contributed by atoms with Gasteiger partial charge in [0.05, 0.1) is 10.5 Å². The number of ether oxygens (including phenoxy) is 1. The summed E-state index contributed by atoms with van der Waals surface area (Å²) in [6.07, 6.45) is 5.27. The third-order valence-corrected chi connectivity index (χ3v) is 8.61. The summed E-state index contributed by atoms with van der Waals surface area (Å²) in [6.45, 7) is 0.375. The summed E-state index contributed by atoms with van der Waals surface area (Å²) in [6, 6.07) is 27.3. The van der Waals surface area contributed by atoms with E-state index in [9.17, 15) is 18.3 Å². The lowest BCUT2D eigenvalue weighted by Gasteiger charge is -2.18. The molecule has 0 bridgehead atoms.